The van der Waals surface area contributed by atoms with Gasteiger partial charge in [-0.25, -0.2) is 15.2 Å². The number of benzene rings is 2. The van der Waals surface area contributed by atoms with Gasteiger partial charge in [-0.15, -0.1) is 0 Å². The van der Waals surface area contributed by atoms with Crippen molar-refractivity contribution in [2.75, 3.05) is 7.11 Å². The summed E-state index contributed by atoms with van der Waals surface area (Å²) < 4.78 is 18.5. The molecule has 2 aromatic carbocycles. The van der Waals surface area contributed by atoms with Gasteiger partial charge in [-0.05, 0) is 50.6 Å². The molecule has 0 spiro atoms. The van der Waals surface area contributed by atoms with Crippen LogP contribution in [0.5, 0.6) is 5.75 Å². The molecule has 1 amide bonds. The van der Waals surface area contributed by atoms with E-state index in [1.54, 1.807) is 36.4 Å². The molecule has 1 heterocycles. The molecule has 0 radical (unpaired) electrons. The van der Waals surface area contributed by atoms with Crippen LogP contribution in [0.1, 0.15) is 49.2 Å². The first kappa shape index (κ1) is 21.7. The van der Waals surface area contributed by atoms with E-state index in [9.17, 15) is 9.18 Å². The van der Waals surface area contributed by atoms with Crippen molar-refractivity contribution in [3.8, 4) is 5.75 Å². The maximum atomic E-state index is 13.2. The van der Waals surface area contributed by atoms with Crippen LogP contribution in [0.3, 0.4) is 0 Å². The Bertz CT molecular complexity index is 908. The second-order valence-electron chi connectivity index (χ2n) is 8.17. The van der Waals surface area contributed by atoms with Gasteiger partial charge in [-0.1, -0.05) is 24.3 Å². The zero-order chi connectivity index (χ0) is 21.7. The van der Waals surface area contributed by atoms with E-state index in [2.05, 4.69) is 26.5 Å². The van der Waals surface area contributed by atoms with Crippen LogP contribution in [0.4, 0.5) is 4.39 Å². The fourth-order valence-electron chi connectivity index (χ4n) is 3.16. The molecule has 1 aliphatic rings. The number of para-hydroxylation sites is 1. The highest BCUT2D eigenvalue weighted by atomic mass is 19.1. The third-order valence-corrected chi connectivity index (χ3v) is 4.53. The summed E-state index contributed by atoms with van der Waals surface area (Å²) in [5, 5.41) is 6.49. The van der Waals surface area contributed by atoms with Crippen molar-refractivity contribution in [2.24, 2.45) is 4.99 Å². The van der Waals surface area contributed by atoms with Crippen LogP contribution in [0.25, 0.3) is 0 Å². The quantitative estimate of drug-likeness (QED) is 0.456. The number of methoxy groups -OCH3 is 1. The molecule has 7 nitrogen and oxygen atoms in total. The molecule has 8 heteroatoms. The second kappa shape index (κ2) is 9.23. The summed E-state index contributed by atoms with van der Waals surface area (Å²) >= 11 is 0. The van der Waals surface area contributed by atoms with Gasteiger partial charge in [0, 0.05) is 18.0 Å². The summed E-state index contributed by atoms with van der Waals surface area (Å²) in [7, 11) is 1.52. The van der Waals surface area contributed by atoms with E-state index < -0.39 is 5.91 Å². The van der Waals surface area contributed by atoms with Gasteiger partial charge < -0.3 is 15.4 Å². The fraction of sp³-hybridized carbons (Fsp3) is 0.364. The summed E-state index contributed by atoms with van der Waals surface area (Å²) in [6, 6.07) is 13.4. The number of amides is 1. The van der Waals surface area contributed by atoms with Gasteiger partial charge in [0.15, 0.2) is 0 Å². The van der Waals surface area contributed by atoms with Gasteiger partial charge in [-0.3, -0.25) is 4.79 Å². The van der Waals surface area contributed by atoms with Crippen LogP contribution >= 0.6 is 0 Å². The Morgan fingerprint density at radius 1 is 1.13 bits per heavy atom. The normalized spacial score (nSPS) is 19.4. The van der Waals surface area contributed by atoms with Crippen LogP contribution in [-0.4, -0.2) is 30.7 Å². The third kappa shape index (κ3) is 5.77. The van der Waals surface area contributed by atoms with Crippen LogP contribution in [0, 0.1) is 5.82 Å². The van der Waals surface area contributed by atoms with Gasteiger partial charge in [0.2, 0.25) is 5.96 Å². The highest BCUT2D eigenvalue weighted by Crippen LogP contribution is 2.22. The smallest absolute Gasteiger partial charge is 0.283 e. The Kier molecular flexibility index (Phi) is 6.69. The largest absolute Gasteiger partial charge is 0.496 e. The Hall–Kier alpha value is -2.97. The van der Waals surface area contributed by atoms with Crippen molar-refractivity contribution in [2.45, 2.75) is 44.9 Å². The molecular formula is C22H28FN5O2. The molecule has 2 unspecified atom stereocenters. The Balaban J connectivity index is 1.75. The predicted octanol–water partition coefficient (Wildman–Crippen LogP) is 2.87. The van der Waals surface area contributed by atoms with Gasteiger partial charge in [0.1, 0.15) is 11.6 Å². The summed E-state index contributed by atoms with van der Waals surface area (Å²) in [4.78, 5) is 17.1. The molecule has 1 aliphatic heterocycles. The van der Waals surface area contributed by atoms with Gasteiger partial charge in [0.05, 0.1) is 18.8 Å². The van der Waals surface area contributed by atoms with E-state index in [1.807, 2.05) is 20.8 Å². The van der Waals surface area contributed by atoms with E-state index in [4.69, 9.17) is 4.74 Å². The zero-order valence-electron chi connectivity index (χ0n) is 17.6. The summed E-state index contributed by atoms with van der Waals surface area (Å²) in [5.41, 5.74) is 7.40. The first-order valence-corrected chi connectivity index (χ1v) is 9.82. The molecule has 4 N–H and O–H groups in total. The number of halogens is 1. The number of hydrogen-bond donors (Lipinski definition) is 4. The number of hydrogen-bond acceptors (Lipinski definition) is 4. The van der Waals surface area contributed by atoms with Crippen molar-refractivity contribution >= 4 is 11.9 Å². The number of nitrogens with one attached hydrogen (secondary N) is 4. The minimum atomic E-state index is -0.409. The SMILES string of the molecule is COc1ccccc1C(=O)/N=C(\NC1CC(c2ccc(F)cc2)NN1)NC(C)(C)C. The average molecular weight is 413 g/mol. The lowest BCUT2D eigenvalue weighted by Gasteiger charge is -2.25. The second-order valence-corrected chi connectivity index (χ2v) is 8.17. The van der Waals surface area contributed by atoms with E-state index >= 15 is 0 Å². The van der Waals surface area contributed by atoms with Gasteiger partial charge in [-0.2, -0.15) is 4.99 Å². The lowest BCUT2D eigenvalue weighted by molar-refractivity contribution is 0.0999. The topological polar surface area (TPSA) is 86.8 Å². The van der Waals surface area contributed by atoms with Crippen molar-refractivity contribution in [3.63, 3.8) is 0 Å². The Morgan fingerprint density at radius 2 is 1.83 bits per heavy atom. The number of carbonyl (C=O) groups excluding carboxylic acids is 1. The molecule has 0 bridgehead atoms. The fourth-order valence-corrected chi connectivity index (χ4v) is 3.16. The van der Waals surface area contributed by atoms with Crippen LogP contribution in [-0.2, 0) is 0 Å². The monoisotopic (exact) mass is 413 g/mol. The number of aliphatic imine (C=N–C) groups is 1. The Morgan fingerprint density at radius 3 is 2.50 bits per heavy atom. The first-order chi connectivity index (χ1) is 14.2. The minimum Gasteiger partial charge on any atom is -0.496 e. The maximum Gasteiger partial charge on any atom is 0.283 e. The number of guanidine groups is 1. The highest BCUT2D eigenvalue weighted by molar-refractivity contribution is 6.04. The molecule has 160 valence electrons. The standard InChI is InChI=1S/C22H28FN5O2/c1-22(2,3)26-21(25-20(29)16-7-5-6-8-18(16)30-4)24-19-13-17(27-28-19)14-9-11-15(23)12-10-14/h5-12,17,19,27-28H,13H2,1-4H3,(H2,24,25,26,29). The molecule has 2 aromatic rings. The first-order valence-electron chi connectivity index (χ1n) is 9.82. The molecule has 1 saturated heterocycles. The van der Waals surface area contributed by atoms with E-state index in [1.165, 1.54) is 19.2 Å². The number of carbonyl (C=O) groups is 1. The van der Waals surface area contributed by atoms with E-state index in [0.717, 1.165) is 5.56 Å². The Labute approximate surface area is 176 Å². The highest BCUT2D eigenvalue weighted by Gasteiger charge is 2.27. The molecule has 2 atom stereocenters. The molecule has 0 aliphatic carbocycles. The third-order valence-electron chi connectivity index (χ3n) is 4.53. The van der Waals surface area contributed by atoms with Crippen LogP contribution < -0.4 is 26.2 Å². The minimum absolute atomic E-state index is 0.00362. The summed E-state index contributed by atoms with van der Waals surface area (Å²) in [6.07, 6.45) is 0.499. The number of nitrogens with zero attached hydrogens (tertiary/aromatic N) is 1. The average Bonchev–Trinajstić information content (AvgIpc) is 3.15. The van der Waals surface area contributed by atoms with E-state index in [-0.39, 0.29) is 23.6 Å². The zero-order valence-corrected chi connectivity index (χ0v) is 17.6. The lowest BCUT2D eigenvalue weighted by atomic mass is 10.0. The molecular weight excluding hydrogens is 385 g/mol. The molecule has 30 heavy (non-hydrogen) atoms. The van der Waals surface area contributed by atoms with Crippen LogP contribution in [0.2, 0.25) is 0 Å². The van der Waals surface area contributed by atoms with Crippen LogP contribution in [0.15, 0.2) is 53.5 Å². The van der Waals surface area contributed by atoms with Crippen molar-refractivity contribution in [1.29, 1.82) is 0 Å². The van der Waals surface area contributed by atoms with Gasteiger partial charge in [0.25, 0.3) is 5.91 Å². The van der Waals surface area contributed by atoms with Gasteiger partial charge >= 0.3 is 0 Å². The number of rotatable bonds is 4. The maximum absolute atomic E-state index is 13.2. The van der Waals surface area contributed by atoms with Crippen molar-refractivity contribution < 1.29 is 13.9 Å². The number of hydrazine groups is 1. The predicted molar refractivity (Wildman–Crippen MR) is 115 cm³/mol. The summed E-state index contributed by atoms with van der Waals surface area (Å²) in [6.45, 7) is 5.96. The molecule has 0 aromatic heterocycles. The molecule has 3 rings (SSSR count). The summed E-state index contributed by atoms with van der Waals surface area (Å²) in [5.74, 6) is 0.154. The molecule has 0 saturated carbocycles. The van der Waals surface area contributed by atoms with Crippen molar-refractivity contribution in [1.82, 2.24) is 21.5 Å². The molecule has 1 fully saturated rings. The van der Waals surface area contributed by atoms with E-state index in [0.29, 0.717) is 23.7 Å². The van der Waals surface area contributed by atoms with Crippen molar-refractivity contribution in [3.05, 3.63) is 65.5 Å². The lowest BCUT2D eigenvalue weighted by Crippen LogP contribution is -2.54. The number of ether oxygens (including phenoxy) is 1.